The number of nitrogens with zero attached hydrogens (tertiary/aromatic N) is 3. The first kappa shape index (κ1) is 24.0. The second-order valence-electron chi connectivity index (χ2n) is 7.63. The molecule has 0 saturated heterocycles. The maximum absolute atomic E-state index is 13.4. The Morgan fingerprint density at radius 1 is 1.09 bits per heavy atom. The van der Waals surface area contributed by atoms with Crippen molar-refractivity contribution in [2.75, 3.05) is 31.0 Å². The Hall–Kier alpha value is -3.13. The summed E-state index contributed by atoms with van der Waals surface area (Å²) in [5.41, 5.74) is 3.45. The molecule has 0 radical (unpaired) electrons. The van der Waals surface area contributed by atoms with Crippen molar-refractivity contribution < 1.29 is 9.53 Å². The van der Waals surface area contributed by atoms with Gasteiger partial charge < -0.3 is 19.9 Å². The first-order chi connectivity index (χ1) is 16.3. The second kappa shape index (κ2) is 10.0. The summed E-state index contributed by atoms with van der Waals surface area (Å²) < 4.78 is 5.22. The molecule has 9 heteroatoms. The number of rotatable bonds is 4. The number of benzodiazepines with no additional fused rings is 1. The summed E-state index contributed by atoms with van der Waals surface area (Å²) in [6, 6.07) is 20.1. The number of hydrogen-bond acceptors (Lipinski definition) is 4. The molecule has 1 aliphatic rings. The number of carbonyl (C=O) groups is 1. The van der Waals surface area contributed by atoms with Gasteiger partial charge in [0, 0.05) is 41.0 Å². The minimum absolute atomic E-state index is 0.267. The molecule has 1 aliphatic heterocycles. The molecule has 1 atom stereocenters. The maximum Gasteiger partial charge on any atom is 0.272 e. The number of carbonyl (C=O) groups excluding carboxylic acids is 1. The Labute approximate surface area is 213 Å². The average molecular weight is 513 g/mol. The van der Waals surface area contributed by atoms with Crippen LogP contribution in [0.5, 0.6) is 5.75 Å². The van der Waals surface area contributed by atoms with Gasteiger partial charge in [-0.3, -0.25) is 4.79 Å². The number of likely N-dealkylation sites (N-methyl/N-ethyl adjacent to an activating group) is 1. The first-order valence-corrected chi connectivity index (χ1v) is 11.5. The van der Waals surface area contributed by atoms with Crippen LogP contribution in [0.25, 0.3) is 0 Å². The van der Waals surface area contributed by atoms with Gasteiger partial charge in [0.25, 0.3) is 5.91 Å². The van der Waals surface area contributed by atoms with E-state index in [9.17, 15) is 4.79 Å². The fraction of sp³-hybridized carbons (Fsp3) is 0.160. The largest absolute Gasteiger partial charge is 0.497 e. The zero-order chi connectivity index (χ0) is 24.4. The molecule has 0 spiro atoms. The van der Waals surface area contributed by atoms with Crippen LogP contribution in [0.3, 0.4) is 0 Å². The van der Waals surface area contributed by atoms with Gasteiger partial charge in [-0.05, 0) is 60.7 Å². The number of benzene rings is 3. The first-order valence-electron chi connectivity index (χ1n) is 10.4. The minimum atomic E-state index is -0.976. The monoisotopic (exact) mass is 512 g/mol. The third-order valence-corrected chi connectivity index (χ3v) is 6.51. The van der Waals surface area contributed by atoms with E-state index in [-0.39, 0.29) is 5.91 Å². The molecule has 1 heterocycles. The molecular weight excluding hydrogens is 491 g/mol. The molecule has 1 amide bonds. The molecular formula is C25H22Cl2N4O2S. The number of anilines is 2. The molecule has 3 aromatic carbocycles. The zero-order valence-corrected chi connectivity index (χ0v) is 21.1. The van der Waals surface area contributed by atoms with Crippen molar-refractivity contribution in [3.8, 4) is 5.75 Å². The quantitative estimate of drug-likeness (QED) is 0.489. The molecule has 0 aromatic heterocycles. The van der Waals surface area contributed by atoms with Crippen molar-refractivity contribution in [3.05, 3.63) is 87.9 Å². The predicted molar refractivity (Wildman–Crippen MR) is 143 cm³/mol. The molecule has 1 N–H and O–H groups in total. The fourth-order valence-corrected chi connectivity index (χ4v) is 4.26. The van der Waals surface area contributed by atoms with Gasteiger partial charge in [-0.15, -0.1) is 0 Å². The van der Waals surface area contributed by atoms with Crippen LogP contribution in [-0.4, -0.2) is 44.1 Å². The molecule has 174 valence electrons. The summed E-state index contributed by atoms with van der Waals surface area (Å²) >= 11 is 18.5. The predicted octanol–water partition coefficient (Wildman–Crippen LogP) is 5.15. The molecule has 6 nitrogen and oxygen atoms in total. The molecule has 3 aromatic rings. The van der Waals surface area contributed by atoms with E-state index in [2.05, 4.69) is 5.32 Å². The average Bonchev–Trinajstić information content (AvgIpc) is 2.94. The standard InChI is InChI=1S/C25H22Cl2N4O2S/c1-30(16-9-11-17(33-3)12-10-16)25(34)29-23-24(32)31(2)21-13-8-15(26)14-19(21)22(28-23)18-6-4-5-7-20(18)27/h4-14,23H,1-3H3,(H,29,34). The highest BCUT2D eigenvalue weighted by molar-refractivity contribution is 7.80. The molecule has 4 rings (SSSR count). The number of aliphatic imine (C=N–C) groups is 1. The summed E-state index contributed by atoms with van der Waals surface area (Å²) in [5, 5.41) is 4.49. The molecule has 34 heavy (non-hydrogen) atoms. The van der Waals surface area contributed by atoms with E-state index in [4.69, 9.17) is 45.1 Å². The van der Waals surface area contributed by atoms with E-state index >= 15 is 0 Å². The molecule has 0 aliphatic carbocycles. The van der Waals surface area contributed by atoms with Gasteiger partial charge in [-0.25, -0.2) is 4.99 Å². The Morgan fingerprint density at radius 2 is 1.79 bits per heavy atom. The van der Waals surface area contributed by atoms with Gasteiger partial charge in [0.15, 0.2) is 5.11 Å². The number of fused-ring (bicyclic) bond motifs is 1. The zero-order valence-electron chi connectivity index (χ0n) is 18.8. The Balaban J connectivity index is 1.74. The lowest BCUT2D eigenvalue weighted by molar-refractivity contribution is -0.119. The lowest BCUT2D eigenvalue weighted by atomic mass is 10.00. The fourth-order valence-electron chi connectivity index (χ4n) is 3.65. The smallest absolute Gasteiger partial charge is 0.272 e. The minimum Gasteiger partial charge on any atom is -0.497 e. The van der Waals surface area contributed by atoms with Crippen LogP contribution in [0, 0.1) is 0 Å². The highest BCUT2D eigenvalue weighted by atomic mass is 35.5. The normalized spacial score (nSPS) is 15.2. The summed E-state index contributed by atoms with van der Waals surface area (Å²) in [6.07, 6.45) is -0.976. The van der Waals surface area contributed by atoms with Crippen LogP contribution in [0.15, 0.2) is 71.7 Å². The number of hydrogen-bond donors (Lipinski definition) is 1. The third-order valence-electron chi connectivity index (χ3n) is 5.55. The summed E-state index contributed by atoms with van der Waals surface area (Å²) in [4.78, 5) is 21.5. The van der Waals surface area contributed by atoms with Crippen LogP contribution in [0.1, 0.15) is 11.1 Å². The summed E-state index contributed by atoms with van der Waals surface area (Å²) in [7, 11) is 5.12. The van der Waals surface area contributed by atoms with Crippen molar-refractivity contribution in [2.24, 2.45) is 4.99 Å². The Morgan fingerprint density at radius 3 is 2.47 bits per heavy atom. The highest BCUT2D eigenvalue weighted by Crippen LogP contribution is 2.32. The number of thiocarbonyl (C=S) groups is 1. The van der Waals surface area contributed by atoms with Gasteiger partial charge in [0.05, 0.1) is 18.5 Å². The maximum atomic E-state index is 13.4. The van der Waals surface area contributed by atoms with Crippen molar-refractivity contribution in [2.45, 2.75) is 6.17 Å². The number of methoxy groups -OCH3 is 1. The molecule has 0 fully saturated rings. The highest BCUT2D eigenvalue weighted by Gasteiger charge is 2.31. The van der Waals surface area contributed by atoms with E-state index in [1.807, 2.05) is 49.5 Å². The third kappa shape index (κ3) is 4.73. The van der Waals surface area contributed by atoms with E-state index in [0.29, 0.717) is 37.7 Å². The van der Waals surface area contributed by atoms with Gasteiger partial charge in [-0.1, -0.05) is 41.4 Å². The lowest BCUT2D eigenvalue weighted by Crippen LogP contribution is -2.49. The Bertz CT molecular complexity index is 1280. The van der Waals surface area contributed by atoms with Crippen molar-refractivity contribution in [3.63, 3.8) is 0 Å². The van der Waals surface area contributed by atoms with Crippen molar-refractivity contribution in [1.29, 1.82) is 0 Å². The number of halogens is 2. The van der Waals surface area contributed by atoms with E-state index in [0.717, 1.165) is 11.4 Å². The summed E-state index contributed by atoms with van der Waals surface area (Å²) in [6.45, 7) is 0. The second-order valence-corrected chi connectivity index (χ2v) is 8.86. The molecule has 0 bridgehead atoms. The topological polar surface area (TPSA) is 57.2 Å². The molecule has 1 unspecified atom stereocenters. The van der Waals surface area contributed by atoms with E-state index in [1.165, 1.54) is 0 Å². The lowest BCUT2D eigenvalue weighted by Gasteiger charge is -2.25. The summed E-state index contributed by atoms with van der Waals surface area (Å²) in [5.74, 6) is 0.470. The van der Waals surface area contributed by atoms with Crippen LogP contribution in [0.2, 0.25) is 10.0 Å². The number of ether oxygens (including phenoxy) is 1. The van der Waals surface area contributed by atoms with Crippen LogP contribution >= 0.6 is 35.4 Å². The van der Waals surface area contributed by atoms with E-state index in [1.54, 1.807) is 48.2 Å². The number of amides is 1. The van der Waals surface area contributed by atoms with Gasteiger partial charge in [0.1, 0.15) is 5.75 Å². The van der Waals surface area contributed by atoms with Gasteiger partial charge in [-0.2, -0.15) is 0 Å². The number of nitrogens with one attached hydrogen (secondary N) is 1. The van der Waals surface area contributed by atoms with Crippen molar-refractivity contribution >= 4 is 63.5 Å². The Kier molecular flexibility index (Phi) is 7.07. The van der Waals surface area contributed by atoms with Gasteiger partial charge >= 0.3 is 0 Å². The van der Waals surface area contributed by atoms with Crippen molar-refractivity contribution in [1.82, 2.24) is 5.32 Å². The van der Waals surface area contributed by atoms with Gasteiger partial charge in [0.2, 0.25) is 6.17 Å². The van der Waals surface area contributed by atoms with Crippen LogP contribution in [0.4, 0.5) is 11.4 Å². The SMILES string of the molecule is COc1ccc(N(C)C(=S)NC2N=C(c3ccccc3Cl)c3cc(Cl)ccc3N(C)C2=O)cc1. The molecule has 0 saturated carbocycles. The van der Waals surface area contributed by atoms with Crippen LogP contribution in [-0.2, 0) is 4.79 Å². The van der Waals surface area contributed by atoms with Crippen LogP contribution < -0.4 is 19.9 Å². The van der Waals surface area contributed by atoms with E-state index < -0.39 is 6.17 Å².